The zero-order valence-electron chi connectivity index (χ0n) is 10.8. The molecule has 0 aliphatic rings. The van der Waals surface area contributed by atoms with Gasteiger partial charge >= 0.3 is 0 Å². The molecule has 108 valence electrons. The maximum atomic E-state index is 13.7. The maximum absolute atomic E-state index is 13.7. The van der Waals surface area contributed by atoms with E-state index in [1.165, 1.54) is 6.20 Å². The molecule has 1 aromatic heterocycles. The number of anilines is 1. The van der Waals surface area contributed by atoms with Crippen LogP contribution in [0, 0.1) is 22.9 Å². The predicted octanol–water partition coefficient (Wildman–Crippen LogP) is 3.34. The van der Waals surface area contributed by atoms with Gasteiger partial charge in [-0.25, -0.2) is 9.37 Å². The number of carbonyl (C=O) groups excluding carboxylic acids is 1. The second-order valence-corrected chi connectivity index (χ2v) is 4.57. The van der Waals surface area contributed by atoms with Gasteiger partial charge in [0.05, 0.1) is 28.4 Å². The van der Waals surface area contributed by atoms with Gasteiger partial charge in [0, 0.05) is 6.07 Å². The number of aromatic nitrogens is 1. The molecule has 1 amide bonds. The minimum Gasteiger partial charge on any atom is -0.320 e. The van der Waals surface area contributed by atoms with Crippen molar-refractivity contribution in [2.24, 2.45) is 0 Å². The molecule has 1 heterocycles. The molecule has 1 aromatic carbocycles. The van der Waals surface area contributed by atoms with E-state index in [1.807, 2.05) is 0 Å². The highest BCUT2D eigenvalue weighted by Gasteiger charge is 2.16. The fourth-order valence-corrected chi connectivity index (χ4v) is 1.73. The van der Waals surface area contributed by atoms with Crippen LogP contribution < -0.4 is 5.32 Å². The van der Waals surface area contributed by atoms with E-state index in [-0.39, 0.29) is 5.56 Å². The SMILES string of the molecule is Cc1cc(NC(=O)c2ccc([N+](=O)[O-])cc2F)cnc1Cl. The van der Waals surface area contributed by atoms with E-state index in [1.54, 1.807) is 13.0 Å². The summed E-state index contributed by atoms with van der Waals surface area (Å²) in [7, 11) is 0. The molecule has 21 heavy (non-hydrogen) atoms. The Bertz CT molecular complexity index is 737. The number of carbonyl (C=O) groups is 1. The molecule has 0 aliphatic carbocycles. The number of pyridine rings is 1. The first-order chi connectivity index (χ1) is 9.88. The van der Waals surface area contributed by atoms with Gasteiger partial charge in [-0.05, 0) is 24.6 Å². The molecule has 0 bridgehead atoms. The van der Waals surface area contributed by atoms with Crippen LogP contribution in [0.3, 0.4) is 0 Å². The van der Waals surface area contributed by atoms with Crippen molar-refractivity contribution >= 4 is 28.9 Å². The van der Waals surface area contributed by atoms with Gasteiger partial charge < -0.3 is 5.32 Å². The van der Waals surface area contributed by atoms with Gasteiger partial charge in [-0.2, -0.15) is 0 Å². The first-order valence-corrected chi connectivity index (χ1v) is 6.13. The molecular formula is C13H9ClFN3O3. The number of nitro groups is 1. The molecule has 6 nitrogen and oxygen atoms in total. The van der Waals surface area contributed by atoms with Gasteiger partial charge in [0.1, 0.15) is 11.0 Å². The molecule has 2 rings (SSSR count). The topological polar surface area (TPSA) is 85.1 Å². The molecule has 0 radical (unpaired) electrons. The molecule has 0 saturated carbocycles. The Morgan fingerprint density at radius 3 is 2.71 bits per heavy atom. The summed E-state index contributed by atoms with van der Waals surface area (Å²) in [5.74, 6) is -1.70. The standard InChI is InChI=1S/C13H9ClFN3O3/c1-7-4-8(6-16-12(7)14)17-13(19)10-3-2-9(18(20)21)5-11(10)15/h2-6H,1H3,(H,17,19). The van der Waals surface area contributed by atoms with Crippen LogP contribution in [-0.4, -0.2) is 15.8 Å². The van der Waals surface area contributed by atoms with Crippen molar-refractivity contribution in [2.75, 3.05) is 5.32 Å². The Labute approximate surface area is 123 Å². The van der Waals surface area contributed by atoms with Crippen molar-refractivity contribution in [3.63, 3.8) is 0 Å². The average Bonchev–Trinajstić information content (AvgIpc) is 2.42. The third-order valence-corrected chi connectivity index (χ3v) is 3.08. The zero-order valence-corrected chi connectivity index (χ0v) is 11.5. The lowest BCUT2D eigenvalue weighted by molar-refractivity contribution is -0.385. The lowest BCUT2D eigenvalue weighted by Gasteiger charge is -2.07. The van der Waals surface area contributed by atoms with E-state index < -0.39 is 22.3 Å². The molecular weight excluding hydrogens is 301 g/mol. The summed E-state index contributed by atoms with van der Waals surface area (Å²) in [4.78, 5) is 25.6. The highest BCUT2D eigenvalue weighted by atomic mass is 35.5. The van der Waals surface area contributed by atoms with E-state index in [0.717, 1.165) is 12.1 Å². The number of halogens is 2. The lowest BCUT2D eigenvalue weighted by Crippen LogP contribution is -2.14. The van der Waals surface area contributed by atoms with Gasteiger partial charge in [-0.15, -0.1) is 0 Å². The number of rotatable bonds is 3. The van der Waals surface area contributed by atoms with Crippen molar-refractivity contribution in [2.45, 2.75) is 6.92 Å². The molecule has 0 spiro atoms. The Hall–Kier alpha value is -2.54. The van der Waals surface area contributed by atoms with Crippen molar-refractivity contribution in [3.05, 3.63) is 62.7 Å². The molecule has 0 fully saturated rings. The predicted molar refractivity (Wildman–Crippen MR) is 75.0 cm³/mol. The summed E-state index contributed by atoms with van der Waals surface area (Å²) < 4.78 is 13.7. The number of amides is 1. The summed E-state index contributed by atoms with van der Waals surface area (Å²) in [6, 6.07) is 4.39. The van der Waals surface area contributed by atoms with E-state index in [0.29, 0.717) is 22.5 Å². The molecule has 8 heteroatoms. The number of nitrogens with zero attached hydrogens (tertiary/aromatic N) is 2. The second-order valence-electron chi connectivity index (χ2n) is 4.21. The zero-order chi connectivity index (χ0) is 15.6. The quantitative estimate of drug-likeness (QED) is 0.535. The van der Waals surface area contributed by atoms with E-state index in [9.17, 15) is 19.3 Å². The first kappa shape index (κ1) is 14.9. The highest BCUT2D eigenvalue weighted by Crippen LogP contribution is 2.19. The van der Waals surface area contributed by atoms with E-state index in [4.69, 9.17) is 11.6 Å². The molecule has 0 aliphatic heterocycles. The molecule has 2 aromatic rings. The van der Waals surface area contributed by atoms with Crippen LogP contribution >= 0.6 is 11.6 Å². The number of hydrogen-bond donors (Lipinski definition) is 1. The number of aryl methyl sites for hydroxylation is 1. The molecule has 0 saturated heterocycles. The largest absolute Gasteiger partial charge is 0.320 e. The maximum Gasteiger partial charge on any atom is 0.272 e. The van der Waals surface area contributed by atoms with Crippen LogP contribution in [0.2, 0.25) is 5.15 Å². The average molecular weight is 310 g/mol. The summed E-state index contributed by atoms with van der Waals surface area (Å²) in [6.07, 6.45) is 1.33. The van der Waals surface area contributed by atoms with Crippen LogP contribution in [0.15, 0.2) is 30.5 Å². The normalized spacial score (nSPS) is 10.2. The van der Waals surface area contributed by atoms with Crippen LogP contribution in [-0.2, 0) is 0 Å². The molecule has 0 unspecified atom stereocenters. The lowest BCUT2D eigenvalue weighted by atomic mass is 10.1. The summed E-state index contributed by atoms with van der Waals surface area (Å²) >= 11 is 5.76. The summed E-state index contributed by atoms with van der Waals surface area (Å²) in [5.41, 5.74) is 0.277. The van der Waals surface area contributed by atoms with Crippen LogP contribution in [0.25, 0.3) is 0 Å². The smallest absolute Gasteiger partial charge is 0.272 e. The number of benzene rings is 1. The highest BCUT2D eigenvalue weighted by molar-refractivity contribution is 6.30. The first-order valence-electron chi connectivity index (χ1n) is 5.76. The van der Waals surface area contributed by atoms with Gasteiger partial charge in [0.25, 0.3) is 11.6 Å². The van der Waals surface area contributed by atoms with Gasteiger partial charge in [-0.1, -0.05) is 11.6 Å². The van der Waals surface area contributed by atoms with Gasteiger partial charge in [0.2, 0.25) is 0 Å². The number of nitro benzene ring substituents is 1. The van der Waals surface area contributed by atoms with Gasteiger partial charge in [0.15, 0.2) is 0 Å². The van der Waals surface area contributed by atoms with Gasteiger partial charge in [-0.3, -0.25) is 14.9 Å². The fraction of sp³-hybridized carbons (Fsp3) is 0.0769. The van der Waals surface area contributed by atoms with Crippen molar-refractivity contribution in [1.82, 2.24) is 4.98 Å². The molecule has 1 N–H and O–H groups in total. The van der Waals surface area contributed by atoms with E-state index >= 15 is 0 Å². The number of nitrogens with one attached hydrogen (secondary N) is 1. The Morgan fingerprint density at radius 1 is 1.43 bits per heavy atom. The minimum absolute atomic E-state index is 0.298. The Balaban J connectivity index is 2.24. The van der Waals surface area contributed by atoms with Crippen LogP contribution in [0.5, 0.6) is 0 Å². The van der Waals surface area contributed by atoms with Crippen LogP contribution in [0.1, 0.15) is 15.9 Å². The third-order valence-electron chi connectivity index (χ3n) is 2.68. The van der Waals surface area contributed by atoms with Crippen molar-refractivity contribution in [1.29, 1.82) is 0 Å². The Kier molecular flexibility index (Phi) is 4.13. The molecule has 0 atom stereocenters. The third kappa shape index (κ3) is 3.32. The number of non-ortho nitro benzene ring substituents is 1. The van der Waals surface area contributed by atoms with Crippen LogP contribution in [0.4, 0.5) is 15.8 Å². The van der Waals surface area contributed by atoms with Crippen molar-refractivity contribution < 1.29 is 14.1 Å². The van der Waals surface area contributed by atoms with Crippen molar-refractivity contribution in [3.8, 4) is 0 Å². The summed E-state index contributed by atoms with van der Waals surface area (Å²) in [5, 5.41) is 13.3. The fourth-order valence-electron chi connectivity index (χ4n) is 1.63. The minimum atomic E-state index is -0.972. The van der Waals surface area contributed by atoms with E-state index in [2.05, 4.69) is 10.3 Å². The number of hydrogen-bond acceptors (Lipinski definition) is 4. The second kappa shape index (κ2) is 5.84. The monoisotopic (exact) mass is 309 g/mol. The Morgan fingerprint density at radius 2 is 2.14 bits per heavy atom. The summed E-state index contributed by atoms with van der Waals surface area (Å²) in [6.45, 7) is 1.71.